The Balaban J connectivity index is 0.000000188. The number of rotatable bonds is 7. The summed E-state index contributed by atoms with van der Waals surface area (Å²) in [5.74, 6) is -2.41. The molecule has 4 aromatic rings. The molecule has 1 atom stereocenters. The van der Waals surface area contributed by atoms with Gasteiger partial charge in [0.05, 0.1) is 24.0 Å². The maximum absolute atomic E-state index is 14.4. The number of nitrogens with zero attached hydrogens (tertiary/aromatic N) is 5. The van der Waals surface area contributed by atoms with Crippen molar-refractivity contribution in [2.75, 3.05) is 16.7 Å². The number of carbonyl (C=O) groups is 2. The Labute approximate surface area is 275 Å². The van der Waals surface area contributed by atoms with Gasteiger partial charge in [0.25, 0.3) is 27.0 Å². The number of terminal acetylenes is 1. The number of imide groups is 1. The number of halogens is 5. The third kappa shape index (κ3) is 6.49. The lowest BCUT2D eigenvalue weighted by Crippen LogP contribution is -2.32. The molecule has 1 aliphatic heterocycles. The summed E-state index contributed by atoms with van der Waals surface area (Å²) in [5.41, 5.74) is -0.568. The number of methoxy groups -OCH3 is 1. The Kier molecular flexibility index (Phi) is 9.59. The van der Waals surface area contributed by atoms with Gasteiger partial charge in [0.15, 0.2) is 17.6 Å². The van der Waals surface area contributed by atoms with E-state index in [1.54, 1.807) is 11.6 Å². The number of ether oxygens (including phenoxy) is 2. The van der Waals surface area contributed by atoms with Crippen LogP contribution < -0.4 is 19.1 Å². The number of anilines is 2. The van der Waals surface area contributed by atoms with Crippen molar-refractivity contribution in [3.63, 3.8) is 0 Å². The van der Waals surface area contributed by atoms with Crippen LogP contribution in [0.1, 0.15) is 32.6 Å². The molecular weight excluding hydrogens is 684 g/mol. The van der Waals surface area contributed by atoms with Crippen LogP contribution in [0.4, 0.5) is 28.9 Å². The second-order valence-electron chi connectivity index (χ2n) is 10.2. The summed E-state index contributed by atoms with van der Waals surface area (Å²) in [6.45, 7) is 1.63. The molecule has 0 saturated carbocycles. The maximum atomic E-state index is 14.4. The molecule has 250 valence electrons. The third-order valence-electron chi connectivity index (χ3n) is 7.06. The summed E-state index contributed by atoms with van der Waals surface area (Å²) >= 11 is 5.97. The Morgan fingerprint density at radius 1 is 1.02 bits per heavy atom. The molecule has 3 heterocycles. The Bertz CT molecular complexity index is 2110. The highest BCUT2D eigenvalue weighted by Crippen LogP contribution is 2.39. The van der Waals surface area contributed by atoms with E-state index in [9.17, 15) is 35.6 Å². The van der Waals surface area contributed by atoms with E-state index in [2.05, 4.69) is 21.0 Å². The van der Waals surface area contributed by atoms with Crippen LogP contribution >= 0.6 is 11.6 Å². The molecule has 2 aromatic heterocycles. The Hall–Kier alpha value is -5.21. The molecule has 48 heavy (non-hydrogen) atoms. The second kappa shape index (κ2) is 13.5. The number of aromatic nitrogens is 4. The van der Waals surface area contributed by atoms with Gasteiger partial charge in [-0.15, -0.1) is 11.5 Å². The van der Waals surface area contributed by atoms with Crippen LogP contribution in [0.2, 0.25) is 5.02 Å². The molecule has 1 unspecified atom stereocenters. The third-order valence-corrected chi connectivity index (χ3v) is 8.49. The van der Waals surface area contributed by atoms with Crippen molar-refractivity contribution in [3.8, 4) is 24.1 Å². The molecule has 1 N–H and O–H groups in total. The van der Waals surface area contributed by atoms with E-state index in [0.29, 0.717) is 28.5 Å². The summed E-state index contributed by atoms with van der Waals surface area (Å²) in [6.07, 6.45) is 8.24. The quantitative estimate of drug-likeness (QED) is 0.160. The van der Waals surface area contributed by atoms with Gasteiger partial charge in [0, 0.05) is 17.2 Å². The van der Waals surface area contributed by atoms with E-state index < -0.39 is 67.7 Å². The zero-order chi connectivity index (χ0) is 34.9. The lowest BCUT2D eigenvalue weighted by atomic mass is 9.93. The molecule has 0 fully saturated rings. The average molecular weight is 707 g/mol. The number of nitrogens with one attached hydrogen (secondary N) is 1. The maximum Gasteiger partial charge on any atom is 0.319 e. The van der Waals surface area contributed by atoms with Crippen LogP contribution in [-0.2, 0) is 19.6 Å². The molecule has 18 heteroatoms. The van der Waals surface area contributed by atoms with Crippen LogP contribution in [0.3, 0.4) is 0 Å². The number of benzene rings is 2. The minimum Gasteiger partial charge on any atom is -0.476 e. The van der Waals surface area contributed by atoms with Crippen molar-refractivity contribution in [3.05, 3.63) is 76.0 Å². The normalized spacial score (nSPS) is 15.1. The molecule has 2 amide bonds. The van der Waals surface area contributed by atoms with Crippen molar-refractivity contribution in [1.82, 2.24) is 19.6 Å². The van der Waals surface area contributed by atoms with Crippen molar-refractivity contribution in [2.45, 2.75) is 43.9 Å². The highest BCUT2D eigenvalue weighted by molar-refractivity contribution is 7.92. The Morgan fingerprint density at radius 2 is 1.65 bits per heavy atom. The molecule has 12 nitrogen and oxygen atoms in total. The monoisotopic (exact) mass is 706 g/mol. The van der Waals surface area contributed by atoms with Crippen LogP contribution in [0.5, 0.6) is 11.8 Å². The molecule has 2 aliphatic rings. The van der Waals surface area contributed by atoms with Crippen LogP contribution in [0.25, 0.3) is 5.65 Å². The first-order valence-electron chi connectivity index (χ1n) is 13.9. The van der Waals surface area contributed by atoms with Crippen molar-refractivity contribution in [2.24, 2.45) is 0 Å². The van der Waals surface area contributed by atoms with Gasteiger partial charge < -0.3 is 9.47 Å². The summed E-state index contributed by atoms with van der Waals surface area (Å²) in [7, 11) is -3.37. The van der Waals surface area contributed by atoms with Gasteiger partial charge in [-0.05, 0) is 50.8 Å². The van der Waals surface area contributed by atoms with Gasteiger partial charge in [0.1, 0.15) is 28.9 Å². The minimum atomic E-state index is -4.58. The lowest BCUT2D eigenvalue weighted by molar-refractivity contribution is -0.120. The standard InChI is InChI=1S/C18H15ClFNO3.C12H8F3N5O3S/c1-3-10(2)24-16-9-15(14(20)8-13(16)19)21-17(22)11-6-4-5-7-12(11)18(21)23;1-23-12-16-5-8(15)10-17-11(18-20(10)12)24(21,22)19-9-6(13)3-2-4-7(9)14/h1,8-10H,4-7H2,2H3;2-5,19H,1H3. The summed E-state index contributed by atoms with van der Waals surface area (Å²) < 4.78 is 92.3. The van der Waals surface area contributed by atoms with Gasteiger partial charge in [-0.1, -0.05) is 23.6 Å². The second-order valence-corrected chi connectivity index (χ2v) is 12.2. The number of hydrogen-bond donors (Lipinski definition) is 1. The van der Waals surface area contributed by atoms with E-state index in [1.807, 2.05) is 0 Å². The SMILES string of the molecule is C#CC(C)Oc1cc(N2C(=O)C3=C(CCCC3)C2=O)c(F)cc1Cl.COc1ncc(F)c2nc(S(=O)(=O)Nc3c(F)cccc3F)nn12. The minimum absolute atomic E-state index is 0.0233. The molecule has 1 aliphatic carbocycles. The van der Waals surface area contributed by atoms with E-state index in [0.717, 1.165) is 48.2 Å². The predicted molar refractivity (Wildman–Crippen MR) is 163 cm³/mol. The lowest BCUT2D eigenvalue weighted by Gasteiger charge is -2.19. The van der Waals surface area contributed by atoms with Gasteiger partial charge in [0.2, 0.25) is 0 Å². The van der Waals surface area contributed by atoms with E-state index >= 15 is 0 Å². The molecule has 0 radical (unpaired) electrons. The fourth-order valence-corrected chi connectivity index (χ4v) is 5.94. The Morgan fingerprint density at radius 3 is 2.23 bits per heavy atom. The molecular formula is C30H23ClF4N6O6S. The smallest absolute Gasteiger partial charge is 0.319 e. The summed E-state index contributed by atoms with van der Waals surface area (Å²) in [6, 6.07) is 4.84. The van der Waals surface area contributed by atoms with Crippen molar-refractivity contribution in [1.29, 1.82) is 0 Å². The number of hydrogen-bond acceptors (Lipinski definition) is 9. The fourth-order valence-electron chi connectivity index (χ4n) is 4.80. The van der Waals surface area contributed by atoms with Crippen molar-refractivity contribution < 1.29 is 45.0 Å². The first-order chi connectivity index (χ1) is 22.8. The van der Waals surface area contributed by atoms with Crippen LogP contribution in [0.15, 0.2) is 52.8 Å². The van der Waals surface area contributed by atoms with Crippen molar-refractivity contribution >= 4 is 50.5 Å². The van der Waals surface area contributed by atoms with Gasteiger partial charge in [-0.2, -0.15) is 17.9 Å². The molecule has 0 bridgehead atoms. The number of sulfonamides is 1. The summed E-state index contributed by atoms with van der Waals surface area (Å²) in [4.78, 5) is 33.0. The largest absolute Gasteiger partial charge is 0.476 e. The summed E-state index contributed by atoms with van der Waals surface area (Å²) in [5, 5.41) is 2.67. The topological polar surface area (TPSA) is 145 Å². The first-order valence-corrected chi connectivity index (χ1v) is 15.8. The highest BCUT2D eigenvalue weighted by Gasteiger charge is 2.41. The molecule has 2 aromatic carbocycles. The predicted octanol–water partition coefficient (Wildman–Crippen LogP) is 4.97. The van der Waals surface area contributed by atoms with Crippen LogP contribution in [0, 0.1) is 35.6 Å². The van der Waals surface area contributed by atoms with Crippen LogP contribution in [-0.4, -0.2) is 53.0 Å². The van der Waals surface area contributed by atoms with Gasteiger partial charge in [-0.3, -0.25) is 14.3 Å². The molecule has 6 rings (SSSR count). The van der Waals surface area contributed by atoms with E-state index in [1.165, 1.54) is 13.2 Å². The van der Waals surface area contributed by atoms with Gasteiger partial charge in [-0.25, -0.2) is 27.4 Å². The zero-order valence-electron chi connectivity index (χ0n) is 24.9. The first kappa shape index (κ1) is 34.1. The van der Waals surface area contributed by atoms with E-state index in [-0.39, 0.29) is 22.5 Å². The number of carbonyl (C=O) groups excluding carboxylic acids is 2. The number of amides is 2. The number of fused-ring (bicyclic) bond motifs is 1. The zero-order valence-corrected chi connectivity index (χ0v) is 26.5. The fraction of sp³-hybridized carbons (Fsp3) is 0.233. The molecule has 0 spiro atoms. The molecule has 0 saturated heterocycles. The average Bonchev–Trinajstić information content (AvgIpc) is 3.62. The number of para-hydroxylation sites is 1. The van der Waals surface area contributed by atoms with E-state index in [4.69, 9.17) is 27.5 Å². The highest BCUT2D eigenvalue weighted by atomic mass is 35.5. The van der Waals surface area contributed by atoms with Gasteiger partial charge >= 0.3 is 6.01 Å².